The minimum atomic E-state index is -0.734. The van der Waals surface area contributed by atoms with Gasteiger partial charge in [-0.05, 0) is 18.1 Å². The molecule has 1 aromatic carbocycles. The molecule has 1 saturated heterocycles. The van der Waals surface area contributed by atoms with E-state index in [9.17, 15) is 9.90 Å². The fourth-order valence-electron chi connectivity index (χ4n) is 2.57. The Labute approximate surface area is 99.2 Å². The van der Waals surface area contributed by atoms with Gasteiger partial charge >= 0.3 is 5.97 Å². The molecule has 17 heavy (non-hydrogen) atoms. The number of carbonyl (C=O) groups excluding carboxylic acids is 1. The minimum Gasteiger partial charge on any atom is -0.453 e. The highest BCUT2D eigenvalue weighted by Crippen LogP contribution is 2.41. The zero-order valence-corrected chi connectivity index (χ0v) is 9.50. The normalized spacial score (nSPS) is 35.1. The molecule has 1 fully saturated rings. The van der Waals surface area contributed by atoms with Crippen molar-refractivity contribution < 1.29 is 19.4 Å². The van der Waals surface area contributed by atoms with Crippen molar-refractivity contribution in [3.63, 3.8) is 0 Å². The summed E-state index contributed by atoms with van der Waals surface area (Å²) in [7, 11) is 0. The van der Waals surface area contributed by atoms with Crippen LogP contribution in [0.25, 0.3) is 0 Å². The first-order chi connectivity index (χ1) is 8.22. The topological polar surface area (TPSA) is 55.8 Å². The summed E-state index contributed by atoms with van der Waals surface area (Å²) in [6.45, 7) is 1.94. The van der Waals surface area contributed by atoms with E-state index in [4.69, 9.17) is 9.47 Å². The van der Waals surface area contributed by atoms with E-state index in [1.165, 1.54) is 0 Å². The van der Waals surface area contributed by atoms with E-state index in [1.807, 2.05) is 19.1 Å². The average Bonchev–Trinajstić information content (AvgIpc) is 2.67. The summed E-state index contributed by atoms with van der Waals surface area (Å²) in [5.41, 5.74) is 1.36. The van der Waals surface area contributed by atoms with E-state index in [1.54, 1.807) is 12.1 Å². The van der Waals surface area contributed by atoms with E-state index >= 15 is 0 Å². The van der Waals surface area contributed by atoms with Crippen LogP contribution >= 0.6 is 0 Å². The van der Waals surface area contributed by atoms with E-state index in [-0.39, 0.29) is 18.2 Å². The summed E-state index contributed by atoms with van der Waals surface area (Å²) in [4.78, 5) is 11.8. The first-order valence-electron chi connectivity index (χ1n) is 5.85. The second kappa shape index (κ2) is 3.82. The lowest BCUT2D eigenvalue weighted by Gasteiger charge is -2.27. The number of ether oxygens (including phenoxy) is 2. The molecule has 90 valence electrons. The van der Waals surface area contributed by atoms with Gasteiger partial charge in [0, 0.05) is 0 Å². The van der Waals surface area contributed by atoms with Crippen molar-refractivity contribution >= 4 is 5.97 Å². The molecule has 2 aliphatic rings. The number of benzene rings is 1. The fraction of sp³-hybridized carbons (Fsp3) is 0.462. The smallest absolute Gasteiger partial charge is 0.338 e. The van der Waals surface area contributed by atoms with Crippen LogP contribution in [0.4, 0.5) is 0 Å². The molecule has 1 aromatic rings. The highest BCUT2D eigenvalue weighted by atomic mass is 16.6. The minimum absolute atomic E-state index is 0.260. The number of carbonyl (C=O) groups is 1. The largest absolute Gasteiger partial charge is 0.453 e. The van der Waals surface area contributed by atoms with Gasteiger partial charge in [-0.1, -0.05) is 25.1 Å². The van der Waals surface area contributed by atoms with Gasteiger partial charge in [-0.2, -0.15) is 0 Å². The summed E-state index contributed by atoms with van der Waals surface area (Å²) in [5.74, 6) is -0.374. The van der Waals surface area contributed by atoms with Crippen molar-refractivity contribution in [1.29, 1.82) is 0 Å². The SMILES string of the molecule is CC[C@H]1O[C@@H]2c3ccccc3C(=O)O[C@H]2[C@H]1O. The number of rotatable bonds is 1. The third-order valence-electron chi connectivity index (χ3n) is 3.47. The molecule has 3 rings (SSSR count). The van der Waals surface area contributed by atoms with Crippen LogP contribution in [0.5, 0.6) is 0 Å². The van der Waals surface area contributed by atoms with Crippen molar-refractivity contribution in [2.75, 3.05) is 0 Å². The Balaban J connectivity index is 2.04. The first-order valence-corrected chi connectivity index (χ1v) is 5.85. The van der Waals surface area contributed by atoms with E-state index in [0.29, 0.717) is 12.0 Å². The number of aliphatic hydroxyl groups is 1. The van der Waals surface area contributed by atoms with Crippen LogP contribution in [0.15, 0.2) is 24.3 Å². The summed E-state index contributed by atoms with van der Waals surface area (Å²) in [6.07, 6.45) is -1.19. The lowest BCUT2D eigenvalue weighted by molar-refractivity contribution is -0.0277. The van der Waals surface area contributed by atoms with Crippen LogP contribution in [0, 0.1) is 0 Å². The van der Waals surface area contributed by atoms with Gasteiger partial charge in [0.1, 0.15) is 12.2 Å². The molecule has 0 aliphatic carbocycles. The van der Waals surface area contributed by atoms with Crippen LogP contribution in [0.1, 0.15) is 35.4 Å². The standard InChI is InChI=1S/C13H14O4/c1-2-9-10(14)12-11(16-9)7-5-3-4-6-8(7)13(15)17-12/h3-6,9-12,14H,2H2,1H3/t9-,10+,11-,12+/m1/s1. The predicted octanol–water partition coefficient (Wildman–Crippen LogP) is 1.44. The van der Waals surface area contributed by atoms with Crippen LogP contribution in [0.2, 0.25) is 0 Å². The molecule has 0 amide bonds. The molecule has 2 heterocycles. The summed E-state index contributed by atoms with van der Waals surface area (Å²) >= 11 is 0. The van der Waals surface area contributed by atoms with Crippen LogP contribution in [-0.2, 0) is 9.47 Å². The predicted molar refractivity (Wildman–Crippen MR) is 59.6 cm³/mol. The highest BCUT2D eigenvalue weighted by Gasteiger charge is 2.49. The average molecular weight is 234 g/mol. The molecule has 4 atom stereocenters. The molecular weight excluding hydrogens is 220 g/mol. The van der Waals surface area contributed by atoms with Crippen molar-refractivity contribution in [1.82, 2.24) is 0 Å². The Morgan fingerprint density at radius 1 is 1.35 bits per heavy atom. The number of hydrogen-bond acceptors (Lipinski definition) is 4. The zero-order valence-electron chi connectivity index (χ0n) is 9.50. The first kappa shape index (κ1) is 10.7. The Morgan fingerprint density at radius 2 is 2.12 bits per heavy atom. The molecule has 0 saturated carbocycles. The maximum Gasteiger partial charge on any atom is 0.338 e. The third kappa shape index (κ3) is 1.48. The molecule has 0 bridgehead atoms. The summed E-state index contributed by atoms with van der Waals surface area (Å²) in [5, 5.41) is 10.0. The second-order valence-electron chi connectivity index (χ2n) is 4.45. The van der Waals surface area contributed by atoms with Crippen LogP contribution in [-0.4, -0.2) is 29.4 Å². The number of fused-ring (bicyclic) bond motifs is 3. The highest BCUT2D eigenvalue weighted by molar-refractivity contribution is 5.92. The van der Waals surface area contributed by atoms with Crippen molar-refractivity contribution in [2.45, 2.75) is 37.8 Å². The quantitative estimate of drug-likeness (QED) is 0.747. The van der Waals surface area contributed by atoms with Crippen molar-refractivity contribution in [3.8, 4) is 0 Å². The van der Waals surface area contributed by atoms with Gasteiger partial charge in [0.25, 0.3) is 0 Å². The van der Waals surface area contributed by atoms with Gasteiger partial charge < -0.3 is 14.6 Å². The van der Waals surface area contributed by atoms with Crippen LogP contribution < -0.4 is 0 Å². The molecule has 0 spiro atoms. The van der Waals surface area contributed by atoms with Gasteiger partial charge in [0.15, 0.2) is 6.10 Å². The Kier molecular flexibility index (Phi) is 2.42. The van der Waals surface area contributed by atoms with E-state index in [2.05, 4.69) is 0 Å². The molecule has 0 aromatic heterocycles. The van der Waals surface area contributed by atoms with Gasteiger partial charge in [-0.25, -0.2) is 4.79 Å². The zero-order chi connectivity index (χ0) is 12.0. The number of hydrogen-bond donors (Lipinski definition) is 1. The van der Waals surface area contributed by atoms with Gasteiger partial charge in [0.05, 0.1) is 11.7 Å². The van der Waals surface area contributed by atoms with E-state index in [0.717, 1.165) is 5.56 Å². The van der Waals surface area contributed by atoms with E-state index < -0.39 is 12.2 Å². The fourth-order valence-corrected chi connectivity index (χ4v) is 2.57. The third-order valence-corrected chi connectivity index (χ3v) is 3.47. The van der Waals surface area contributed by atoms with Gasteiger partial charge in [0.2, 0.25) is 0 Å². The van der Waals surface area contributed by atoms with Gasteiger partial charge in [-0.15, -0.1) is 0 Å². The molecular formula is C13H14O4. The number of esters is 1. The second-order valence-corrected chi connectivity index (χ2v) is 4.45. The molecule has 0 radical (unpaired) electrons. The summed E-state index contributed by atoms with van der Waals surface area (Å²) < 4.78 is 11.0. The molecule has 2 aliphatic heterocycles. The number of aliphatic hydroxyl groups excluding tert-OH is 1. The maximum absolute atomic E-state index is 11.8. The maximum atomic E-state index is 11.8. The molecule has 4 nitrogen and oxygen atoms in total. The molecule has 4 heteroatoms. The van der Waals surface area contributed by atoms with Crippen molar-refractivity contribution in [2.24, 2.45) is 0 Å². The lowest BCUT2D eigenvalue weighted by atomic mass is 9.94. The molecule has 0 unspecified atom stereocenters. The lowest BCUT2D eigenvalue weighted by Crippen LogP contribution is -2.37. The Hall–Kier alpha value is -1.39. The van der Waals surface area contributed by atoms with Crippen LogP contribution in [0.3, 0.4) is 0 Å². The monoisotopic (exact) mass is 234 g/mol. The Morgan fingerprint density at radius 3 is 2.88 bits per heavy atom. The van der Waals surface area contributed by atoms with Crippen molar-refractivity contribution in [3.05, 3.63) is 35.4 Å². The van der Waals surface area contributed by atoms with Gasteiger partial charge in [-0.3, -0.25) is 0 Å². The Bertz CT molecular complexity index is 456. The molecule has 1 N–H and O–H groups in total. The summed E-state index contributed by atoms with van der Waals surface area (Å²) in [6, 6.07) is 7.24.